The third kappa shape index (κ3) is 3.63. The number of aliphatic hydroxyl groups is 1. The van der Waals surface area contributed by atoms with E-state index in [0.717, 1.165) is 66.0 Å². The summed E-state index contributed by atoms with van der Waals surface area (Å²) in [4.78, 5) is 9.36. The van der Waals surface area contributed by atoms with E-state index in [-0.39, 0.29) is 11.3 Å². The Kier molecular flexibility index (Phi) is 5.33. The van der Waals surface area contributed by atoms with Crippen molar-refractivity contribution in [2.45, 2.75) is 88.7 Å². The molecule has 2 aliphatic carbocycles. The first-order valence-electron chi connectivity index (χ1n) is 12.7. The van der Waals surface area contributed by atoms with Crippen LogP contribution >= 0.6 is 0 Å². The summed E-state index contributed by atoms with van der Waals surface area (Å²) in [5.41, 5.74) is 3.78. The van der Waals surface area contributed by atoms with E-state index in [1.54, 1.807) is 0 Å². The van der Waals surface area contributed by atoms with Gasteiger partial charge in [0.2, 0.25) is 0 Å². The van der Waals surface area contributed by atoms with Gasteiger partial charge in [0.05, 0.1) is 23.0 Å². The summed E-state index contributed by atoms with van der Waals surface area (Å²) in [6.45, 7) is 5.22. The lowest BCUT2D eigenvalue weighted by atomic mass is 9.58. The standard InChI is InChI=1S/C27H31F3N2O3/c1-15(2)23-21-22(20-18(32-23)12-25(6-3-7-25)13-19(20)33)26(8-10-34-11-9-26)35-24(21)17-5-4-16(14-31-17)27(28,29)30/h4-5,14-15,19,24,33H,3,6-13H2,1-2H3/t19?,24-/m1/s1. The van der Waals surface area contributed by atoms with Gasteiger partial charge in [-0.1, -0.05) is 20.3 Å². The minimum atomic E-state index is -4.45. The highest BCUT2D eigenvalue weighted by Crippen LogP contribution is 2.60. The van der Waals surface area contributed by atoms with Crippen LogP contribution in [-0.4, -0.2) is 28.3 Å². The monoisotopic (exact) mass is 488 g/mol. The molecule has 4 heterocycles. The average Bonchev–Trinajstić information content (AvgIpc) is 3.11. The number of halogens is 3. The number of nitrogens with zero attached hydrogens (tertiary/aromatic N) is 2. The number of rotatable bonds is 2. The van der Waals surface area contributed by atoms with Crippen molar-refractivity contribution >= 4 is 0 Å². The van der Waals surface area contributed by atoms with Gasteiger partial charge in [-0.05, 0) is 54.7 Å². The van der Waals surface area contributed by atoms with E-state index >= 15 is 0 Å². The molecule has 4 aliphatic rings. The van der Waals surface area contributed by atoms with Crippen molar-refractivity contribution in [3.63, 3.8) is 0 Å². The molecule has 2 spiro atoms. The number of fused-ring (bicyclic) bond motifs is 4. The Balaban J connectivity index is 1.55. The predicted molar refractivity (Wildman–Crippen MR) is 122 cm³/mol. The van der Waals surface area contributed by atoms with Crippen LogP contribution in [0.2, 0.25) is 0 Å². The Labute approximate surface area is 203 Å². The number of alkyl halides is 3. The Hall–Kier alpha value is -2.03. The molecule has 1 saturated carbocycles. The van der Waals surface area contributed by atoms with Crippen LogP contribution in [0, 0.1) is 5.41 Å². The number of pyridine rings is 2. The van der Waals surface area contributed by atoms with Gasteiger partial charge in [0.15, 0.2) is 0 Å². The molecule has 1 N–H and O–H groups in total. The maximum Gasteiger partial charge on any atom is 0.417 e. The van der Waals surface area contributed by atoms with Crippen molar-refractivity contribution in [3.8, 4) is 0 Å². The molecular weight excluding hydrogens is 457 g/mol. The first-order chi connectivity index (χ1) is 16.6. The second-order valence-electron chi connectivity index (χ2n) is 11.1. The van der Waals surface area contributed by atoms with E-state index in [0.29, 0.717) is 31.7 Å². The molecule has 2 aromatic rings. The molecule has 6 rings (SSSR count). The van der Waals surface area contributed by atoms with Crippen molar-refractivity contribution in [1.82, 2.24) is 9.97 Å². The highest BCUT2D eigenvalue weighted by molar-refractivity contribution is 5.54. The zero-order valence-corrected chi connectivity index (χ0v) is 20.1. The Morgan fingerprint density at radius 3 is 2.40 bits per heavy atom. The number of aromatic nitrogens is 2. The Morgan fingerprint density at radius 2 is 1.83 bits per heavy atom. The summed E-state index contributed by atoms with van der Waals surface area (Å²) in [5.74, 6) is 0.0843. The number of hydrogen-bond acceptors (Lipinski definition) is 5. The first-order valence-corrected chi connectivity index (χ1v) is 12.7. The van der Waals surface area contributed by atoms with Crippen molar-refractivity contribution in [1.29, 1.82) is 0 Å². The zero-order chi connectivity index (χ0) is 24.6. The van der Waals surface area contributed by atoms with Gasteiger partial charge < -0.3 is 14.6 Å². The topological polar surface area (TPSA) is 64.5 Å². The molecule has 2 aliphatic heterocycles. The summed E-state index contributed by atoms with van der Waals surface area (Å²) < 4.78 is 52.1. The van der Waals surface area contributed by atoms with Gasteiger partial charge in [-0.25, -0.2) is 0 Å². The van der Waals surface area contributed by atoms with Crippen LogP contribution < -0.4 is 0 Å². The van der Waals surface area contributed by atoms with Crippen LogP contribution in [0.3, 0.4) is 0 Å². The SMILES string of the molecule is CC(C)c1nc2c(c3c1[C@@H](c1ccc(C(F)(F)F)cn1)OC31CCOCC1)C(O)CC1(CCC1)C2. The largest absolute Gasteiger partial charge is 0.417 e. The zero-order valence-electron chi connectivity index (χ0n) is 20.1. The van der Waals surface area contributed by atoms with Gasteiger partial charge in [-0.3, -0.25) is 9.97 Å². The summed E-state index contributed by atoms with van der Waals surface area (Å²) in [7, 11) is 0. The van der Waals surface area contributed by atoms with E-state index in [2.05, 4.69) is 18.8 Å². The minimum absolute atomic E-state index is 0.0843. The van der Waals surface area contributed by atoms with Gasteiger partial charge in [0.25, 0.3) is 0 Å². The lowest BCUT2D eigenvalue weighted by Gasteiger charge is -2.48. The molecule has 8 heteroatoms. The van der Waals surface area contributed by atoms with Crippen molar-refractivity contribution in [2.75, 3.05) is 13.2 Å². The second-order valence-corrected chi connectivity index (χ2v) is 11.1. The summed E-state index contributed by atoms with van der Waals surface area (Å²) in [6, 6.07) is 2.48. The normalized spacial score (nSPS) is 26.6. The maximum absolute atomic E-state index is 13.2. The molecular formula is C27H31F3N2O3. The van der Waals surface area contributed by atoms with Gasteiger partial charge in [-0.2, -0.15) is 13.2 Å². The summed E-state index contributed by atoms with van der Waals surface area (Å²) >= 11 is 0. The molecule has 2 aromatic heterocycles. The van der Waals surface area contributed by atoms with Crippen molar-refractivity contribution in [3.05, 3.63) is 57.7 Å². The average molecular weight is 489 g/mol. The smallest absolute Gasteiger partial charge is 0.388 e. The van der Waals surface area contributed by atoms with E-state index in [1.807, 2.05) is 0 Å². The van der Waals surface area contributed by atoms with Crippen LogP contribution in [0.4, 0.5) is 13.2 Å². The molecule has 188 valence electrons. The molecule has 2 fully saturated rings. The Morgan fingerprint density at radius 1 is 1.09 bits per heavy atom. The van der Waals surface area contributed by atoms with E-state index < -0.39 is 29.5 Å². The molecule has 0 amide bonds. The minimum Gasteiger partial charge on any atom is -0.388 e. The fourth-order valence-electron chi connectivity index (χ4n) is 6.72. The molecule has 0 aromatic carbocycles. The fourth-order valence-corrected chi connectivity index (χ4v) is 6.72. The Bertz CT molecular complexity index is 1140. The van der Waals surface area contributed by atoms with Crippen molar-refractivity contribution in [2.24, 2.45) is 5.41 Å². The highest BCUT2D eigenvalue weighted by Gasteiger charge is 2.54. The number of ether oxygens (including phenoxy) is 2. The molecule has 0 radical (unpaired) electrons. The quantitative estimate of drug-likeness (QED) is 0.571. The van der Waals surface area contributed by atoms with E-state index in [9.17, 15) is 18.3 Å². The van der Waals surface area contributed by atoms with Crippen molar-refractivity contribution < 1.29 is 27.8 Å². The van der Waals surface area contributed by atoms with Crippen LogP contribution in [-0.2, 0) is 27.7 Å². The molecule has 2 atom stereocenters. The third-order valence-electron chi connectivity index (χ3n) is 8.59. The van der Waals surface area contributed by atoms with Gasteiger partial charge in [-0.15, -0.1) is 0 Å². The first kappa shape index (κ1) is 23.4. The molecule has 35 heavy (non-hydrogen) atoms. The van der Waals surface area contributed by atoms with Crippen LogP contribution in [0.1, 0.15) is 110 Å². The lowest BCUT2D eigenvalue weighted by Crippen LogP contribution is -2.40. The highest BCUT2D eigenvalue weighted by atomic mass is 19.4. The fraction of sp³-hybridized carbons (Fsp3) is 0.630. The molecule has 1 unspecified atom stereocenters. The molecule has 0 bridgehead atoms. The molecule has 1 saturated heterocycles. The van der Waals surface area contributed by atoms with Crippen LogP contribution in [0.25, 0.3) is 0 Å². The lowest BCUT2D eigenvalue weighted by molar-refractivity contribution is -0.138. The van der Waals surface area contributed by atoms with E-state index in [4.69, 9.17) is 14.5 Å². The molecule has 5 nitrogen and oxygen atoms in total. The summed E-state index contributed by atoms with van der Waals surface area (Å²) in [5, 5.41) is 11.5. The van der Waals surface area contributed by atoms with Crippen LogP contribution in [0.15, 0.2) is 18.3 Å². The van der Waals surface area contributed by atoms with Gasteiger partial charge >= 0.3 is 6.18 Å². The third-order valence-corrected chi connectivity index (χ3v) is 8.59. The predicted octanol–water partition coefficient (Wildman–Crippen LogP) is 5.89. The van der Waals surface area contributed by atoms with Crippen LogP contribution in [0.5, 0.6) is 0 Å². The second kappa shape index (κ2) is 7.98. The maximum atomic E-state index is 13.2. The number of aliphatic hydroxyl groups excluding tert-OH is 1. The van der Waals surface area contributed by atoms with Gasteiger partial charge in [0, 0.05) is 54.8 Å². The summed E-state index contributed by atoms with van der Waals surface area (Å²) in [6.07, 6.45) is 1.45. The number of hydrogen-bond donors (Lipinski definition) is 1. The van der Waals surface area contributed by atoms with Gasteiger partial charge in [0.1, 0.15) is 6.10 Å². The van der Waals surface area contributed by atoms with E-state index in [1.165, 1.54) is 12.5 Å².